The van der Waals surface area contributed by atoms with Gasteiger partial charge in [-0.05, 0) is 26.7 Å². The smallest absolute Gasteiger partial charge is 0.124 e. The molecule has 0 aromatic heterocycles. The first-order chi connectivity index (χ1) is 4.95. The molecule has 0 aromatic rings. The van der Waals surface area contributed by atoms with Crippen molar-refractivity contribution < 1.29 is 9.53 Å². The molecular weight excluding hydrogens is 140 g/mol. The fourth-order valence-electron chi connectivity index (χ4n) is 0.571. The number of ether oxygens (including phenoxy) is 1. The first-order valence-corrected chi connectivity index (χ1v) is 3.88. The van der Waals surface area contributed by atoms with Crippen molar-refractivity contribution in [3.8, 4) is 0 Å². The van der Waals surface area contributed by atoms with Crippen LogP contribution in [0.2, 0.25) is 0 Å². The van der Waals surface area contributed by atoms with E-state index in [4.69, 9.17) is 4.74 Å². The molecule has 0 rings (SSSR count). The topological polar surface area (TPSA) is 26.3 Å². The Hall–Kier alpha value is -0.370. The van der Waals surface area contributed by atoms with Crippen LogP contribution in [0.25, 0.3) is 0 Å². The predicted octanol–water partition coefficient (Wildman–Crippen LogP) is 1.84. The molecule has 0 fully saturated rings. The lowest BCUT2D eigenvalue weighted by Crippen LogP contribution is -2.22. The number of aldehydes is 1. The van der Waals surface area contributed by atoms with Crippen LogP contribution in [-0.2, 0) is 9.53 Å². The van der Waals surface area contributed by atoms with Gasteiger partial charge in [-0.1, -0.05) is 6.92 Å². The molecule has 65 valence electrons. The van der Waals surface area contributed by atoms with E-state index in [0.717, 1.165) is 6.29 Å². The Balaban J connectivity index is 3.45. The maximum atomic E-state index is 10.0. The van der Waals surface area contributed by atoms with Gasteiger partial charge in [-0.2, -0.15) is 0 Å². The van der Waals surface area contributed by atoms with Crippen molar-refractivity contribution in [2.24, 2.45) is 5.92 Å². The standard InChI is InChI=1S/C9H17O2/c1-8(5-6-10)7-11-9(2,3)4/h5-6,8H,7H2,1-4H3. The van der Waals surface area contributed by atoms with Crippen molar-refractivity contribution in [1.29, 1.82) is 0 Å². The van der Waals surface area contributed by atoms with Crippen LogP contribution in [0.3, 0.4) is 0 Å². The zero-order chi connectivity index (χ0) is 8.91. The van der Waals surface area contributed by atoms with Gasteiger partial charge >= 0.3 is 0 Å². The summed E-state index contributed by atoms with van der Waals surface area (Å²) in [6, 6.07) is 0. The zero-order valence-corrected chi connectivity index (χ0v) is 7.76. The highest BCUT2D eigenvalue weighted by Crippen LogP contribution is 2.09. The second kappa shape index (κ2) is 4.50. The van der Waals surface area contributed by atoms with Gasteiger partial charge in [-0.3, -0.25) is 0 Å². The lowest BCUT2D eigenvalue weighted by Gasteiger charge is -2.21. The molecule has 1 atom stereocenters. The van der Waals surface area contributed by atoms with Gasteiger partial charge in [0.1, 0.15) is 6.29 Å². The second-order valence-electron chi connectivity index (χ2n) is 3.73. The molecule has 0 bridgehead atoms. The fraction of sp³-hybridized carbons (Fsp3) is 0.778. The second-order valence-corrected chi connectivity index (χ2v) is 3.73. The van der Waals surface area contributed by atoms with Crippen LogP contribution in [-0.4, -0.2) is 18.5 Å². The zero-order valence-electron chi connectivity index (χ0n) is 7.76. The third kappa shape index (κ3) is 7.53. The number of hydrogen-bond acceptors (Lipinski definition) is 2. The summed E-state index contributed by atoms with van der Waals surface area (Å²) in [4.78, 5) is 10.0. The Morgan fingerprint density at radius 3 is 2.36 bits per heavy atom. The molecule has 2 nitrogen and oxygen atoms in total. The summed E-state index contributed by atoms with van der Waals surface area (Å²) in [5.74, 6) is 0.215. The van der Waals surface area contributed by atoms with Gasteiger partial charge in [0.15, 0.2) is 0 Å². The molecule has 0 aliphatic rings. The van der Waals surface area contributed by atoms with E-state index in [0.29, 0.717) is 6.61 Å². The number of hydrogen-bond donors (Lipinski definition) is 0. The first-order valence-electron chi connectivity index (χ1n) is 3.88. The predicted molar refractivity (Wildman–Crippen MR) is 45.2 cm³/mol. The summed E-state index contributed by atoms with van der Waals surface area (Å²) in [6.45, 7) is 8.57. The van der Waals surface area contributed by atoms with E-state index in [-0.39, 0.29) is 11.5 Å². The van der Waals surface area contributed by atoms with E-state index in [9.17, 15) is 4.79 Å². The van der Waals surface area contributed by atoms with Crippen molar-refractivity contribution in [3.63, 3.8) is 0 Å². The molecule has 1 unspecified atom stereocenters. The minimum absolute atomic E-state index is 0.106. The highest BCUT2D eigenvalue weighted by molar-refractivity contribution is 5.61. The highest BCUT2D eigenvalue weighted by Gasteiger charge is 2.11. The van der Waals surface area contributed by atoms with Gasteiger partial charge in [-0.15, -0.1) is 0 Å². The maximum Gasteiger partial charge on any atom is 0.124 e. The van der Waals surface area contributed by atoms with Crippen molar-refractivity contribution in [1.82, 2.24) is 0 Å². The van der Waals surface area contributed by atoms with E-state index in [2.05, 4.69) is 0 Å². The van der Waals surface area contributed by atoms with Crippen LogP contribution in [0.15, 0.2) is 0 Å². The van der Waals surface area contributed by atoms with Gasteiger partial charge < -0.3 is 9.53 Å². The van der Waals surface area contributed by atoms with E-state index >= 15 is 0 Å². The normalized spacial score (nSPS) is 14.5. The third-order valence-corrected chi connectivity index (χ3v) is 1.19. The molecule has 0 spiro atoms. The number of carbonyl (C=O) groups is 1. The summed E-state index contributed by atoms with van der Waals surface area (Å²) in [6.07, 6.45) is 2.42. The van der Waals surface area contributed by atoms with Gasteiger partial charge in [0, 0.05) is 6.42 Å². The number of carbonyl (C=O) groups excluding carboxylic acids is 1. The molecule has 0 aliphatic carbocycles. The SMILES string of the molecule is CC([CH]C=O)COC(C)(C)C. The summed E-state index contributed by atoms with van der Waals surface area (Å²) >= 11 is 0. The molecule has 11 heavy (non-hydrogen) atoms. The average molecular weight is 157 g/mol. The minimum atomic E-state index is -0.106. The molecule has 0 amide bonds. The van der Waals surface area contributed by atoms with E-state index in [1.807, 2.05) is 27.7 Å². The Labute approximate surface area is 68.9 Å². The van der Waals surface area contributed by atoms with E-state index in [1.165, 1.54) is 0 Å². The molecule has 2 heteroatoms. The van der Waals surface area contributed by atoms with Gasteiger partial charge in [-0.25, -0.2) is 0 Å². The lowest BCUT2D eigenvalue weighted by atomic mass is 10.1. The van der Waals surface area contributed by atoms with Crippen LogP contribution < -0.4 is 0 Å². The molecule has 0 saturated heterocycles. The van der Waals surface area contributed by atoms with Crippen LogP contribution in [0.4, 0.5) is 0 Å². The van der Waals surface area contributed by atoms with Crippen molar-refractivity contribution >= 4 is 6.29 Å². The monoisotopic (exact) mass is 157 g/mol. The van der Waals surface area contributed by atoms with E-state index < -0.39 is 0 Å². The Morgan fingerprint density at radius 2 is 2.00 bits per heavy atom. The van der Waals surface area contributed by atoms with Crippen molar-refractivity contribution in [2.75, 3.05) is 6.61 Å². The van der Waals surface area contributed by atoms with Gasteiger partial charge in [0.05, 0.1) is 12.2 Å². The quantitative estimate of drug-likeness (QED) is 0.582. The molecule has 0 N–H and O–H groups in total. The summed E-state index contributed by atoms with van der Waals surface area (Å²) in [7, 11) is 0. The minimum Gasteiger partial charge on any atom is -0.376 e. The molecular formula is C9H17O2. The molecule has 0 aliphatic heterocycles. The Bertz CT molecular complexity index is 113. The molecule has 1 radical (unpaired) electrons. The average Bonchev–Trinajstić information content (AvgIpc) is 1.83. The third-order valence-electron chi connectivity index (χ3n) is 1.19. The Kier molecular flexibility index (Phi) is 4.34. The highest BCUT2D eigenvalue weighted by atomic mass is 16.5. The molecule has 0 aromatic carbocycles. The summed E-state index contributed by atoms with van der Waals surface area (Å²) in [5, 5.41) is 0. The Morgan fingerprint density at radius 1 is 1.45 bits per heavy atom. The summed E-state index contributed by atoms with van der Waals surface area (Å²) in [5.41, 5.74) is -0.106. The van der Waals surface area contributed by atoms with Crippen LogP contribution in [0, 0.1) is 12.3 Å². The van der Waals surface area contributed by atoms with Crippen molar-refractivity contribution in [3.05, 3.63) is 6.42 Å². The van der Waals surface area contributed by atoms with Gasteiger partial charge in [0.25, 0.3) is 0 Å². The van der Waals surface area contributed by atoms with E-state index in [1.54, 1.807) is 6.42 Å². The van der Waals surface area contributed by atoms with Gasteiger partial charge in [0.2, 0.25) is 0 Å². The number of rotatable bonds is 4. The lowest BCUT2D eigenvalue weighted by molar-refractivity contribution is -0.106. The largest absolute Gasteiger partial charge is 0.376 e. The van der Waals surface area contributed by atoms with Crippen molar-refractivity contribution in [2.45, 2.75) is 33.3 Å². The van der Waals surface area contributed by atoms with Crippen LogP contribution >= 0.6 is 0 Å². The summed E-state index contributed by atoms with van der Waals surface area (Å²) < 4.78 is 5.45. The molecule has 0 saturated carbocycles. The van der Waals surface area contributed by atoms with Crippen LogP contribution in [0.1, 0.15) is 27.7 Å². The van der Waals surface area contributed by atoms with Crippen LogP contribution in [0.5, 0.6) is 0 Å². The first kappa shape index (κ1) is 10.6. The maximum absolute atomic E-state index is 10.0. The fourth-order valence-corrected chi connectivity index (χ4v) is 0.571. The molecule has 0 heterocycles.